The lowest BCUT2D eigenvalue weighted by molar-refractivity contribution is -0.138. The number of nitrogens with zero attached hydrogens (tertiary/aromatic N) is 3. The summed E-state index contributed by atoms with van der Waals surface area (Å²) in [6.45, 7) is 0.936. The molecular weight excluding hydrogens is 510 g/mol. The molecule has 1 aliphatic rings. The third-order valence-corrected chi connectivity index (χ3v) is 6.25. The second-order valence-electron chi connectivity index (χ2n) is 8.07. The van der Waals surface area contributed by atoms with Gasteiger partial charge in [-0.05, 0) is 18.2 Å². The van der Waals surface area contributed by atoms with Crippen LogP contribution >= 0.6 is 11.6 Å². The molecule has 1 saturated heterocycles. The largest absolute Gasteiger partial charge is 0.493 e. The highest BCUT2D eigenvalue weighted by Crippen LogP contribution is 2.37. The Morgan fingerprint density at radius 2 is 1.92 bits per heavy atom. The lowest BCUT2D eigenvalue weighted by Gasteiger charge is -2.34. The van der Waals surface area contributed by atoms with Crippen LogP contribution in [-0.2, 0) is 14.3 Å². The van der Waals surface area contributed by atoms with E-state index in [9.17, 15) is 18.4 Å². The van der Waals surface area contributed by atoms with Crippen LogP contribution in [0.5, 0.6) is 11.5 Å². The molecule has 0 unspecified atom stereocenters. The molecule has 2 heterocycles. The summed E-state index contributed by atoms with van der Waals surface area (Å²) < 4.78 is 44.6. The first-order valence-corrected chi connectivity index (χ1v) is 11.6. The minimum Gasteiger partial charge on any atom is -0.493 e. The molecule has 0 radical (unpaired) electrons. The van der Waals surface area contributed by atoms with Crippen LogP contribution in [0.15, 0.2) is 42.4 Å². The molecule has 194 valence electrons. The second-order valence-corrected chi connectivity index (χ2v) is 8.45. The van der Waals surface area contributed by atoms with E-state index >= 15 is 0 Å². The van der Waals surface area contributed by atoms with Crippen molar-refractivity contribution < 1.29 is 32.6 Å². The number of aromatic nitrogens is 2. The van der Waals surface area contributed by atoms with E-state index in [0.29, 0.717) is 54.6 Å². The van der Waals surface area contributed by atoms with Crippen molar-refractivity contribution in [2.75, 3.05) is 32.6 Å². The molecule has 0 saturated carbocycles. The lowest BCUT2D eigenvalue weighted by atomic mass is 10.1. The van der Waals surface area contributed by atoms with Crippen LogP contribution < -0.4 is 14.8 Å². The fourth-order valence-electron chi connectivity index (χ4n) is 4.03. The van der Waals surface area contributed by atoms with E-state index in [-0.39, 0.29) is 23.3 Å². The maximum atomic E-state index is 14.5. The van der Waals surface area contributed by atoms with Gasteiger partial charge in [-0.15, -0.1) is 0 Å². The highest BCUT2D eigenvalue weighted by molar-refractivity contribution is 6.31. The Labute approximate surface area is 216 Å². The Morgan fingerprint density at radius 3 is 2.59 bits per heavy atom. The molecular formula is C25H23ClF2N4O5. The smallest absolute Gasteiger partial charge is 0.354 e. The van der Waals surface area contributed by atoms with E-state index in [1.54, 1.807) is 17.0 Å². The molecule has 12 heteroatoms. The van der Waals surface area contributed by atoms with Crippen molar-refractivity contribution in [3.8, 4) is 11.5 Å². The molecule has 0 amide bonds. The number of allylic oxidation sites excluding steroid dienone is 1. The Bertz CT molecular complexity index is 1360. The van der Waals surface area contributed by atoms with Crippen LogP contribution in [0.3, 0.4) is 0 Å². The predicted molar refractivity (Wildman–Crippen MR) is 132 cm³/mol. The summed E-state index contributed by atoms with van der Waals surface area (Å²) in [6, 6.07) is 5.62. The fourth-order valence-corrected chi connectivity index (χ4v) is 4.20. The van der Waals surface area contributed by atoms with Gasteiger partial charge in [-0.1, -0.05) is 11.6 Å². The summed E-state index contributed by atoms with van der Waals surface area (Å²) in [6.07, 6.45) is 3.94. The SMILES string of the molecule is COC(=O)/C(=C/C=O)N1CCC(Oc2cc3c(Nc4ccc(F)c(Cl)c4F)ncnc3cc2OC)CC1. The van der Waals surface area contributed by atoms with Crippen LogP contribution in [-0.4, -0.2) is 60.5 Å². The van der Waals surface area contributed by atoms with Crippen molar-refractivity contribution in [2.45, 2.75) is 18.9 Å². The van der Waals surface area contributed by atoms with Gasteiger partial charge in [0.15, 0.2) is 17.3 Å². The Kier molecular flexibility index (Phi) is 8.02. The van der Waals surface area contributed by atoms with Gasteiger partial charge in [0.05, 0.1) is 25.4 Å². The lowest BCUT2D eigenvalue weighted by Crippen LogP contribution is -2.40. The zero-order valence-electron chi connectivity index (χ0n) is 20.0. The maximum Gasteiger partial charge on any atom is 0.354 e. The number of nitrogens with one attached hydrogen (secondary N) is 1. The van der Waals surface area contributed by atoms with E-state index in [2.05, 4.69) is 15.3 Å². The summed E-state index contributed by atoms with van der Waals surface area (Å²) in [5.74, 6) is -1.28. The van der Waals surface area contributed by atoms with E-state index < -0.39 is 22.6 Å². The number of anilines is 2. The van der Waals surface area contributed by atoms with Gasteiger partial charge < -0.3 is 24.4 Å². The highest BCUT2D eigenvalue weighted by Gasteiger charge is 2.26. The molecule has 3 aromatic rings. The van der Waals surface area contributed by atoms with Crippen molar-refractivity contribution in [1.82, 2.24) is 14.9 Å². The van der Waals surface area contributed by atoms with Crippen LogP contribution in [0.25, 0.3) is 10.9 Å². The number of ether oxygens (including phenoxy) is 3. The molecule has 1 fully saturated rings. The summed E-state index contributed by atoms with van der Waals surface area (Å²) in [5, 5.41) is 2.72. The van der Waals surface area contributed by atoms with Gasteiger partial charge in [-0.25, -0.2) is 23.5 Å². The van der Waals surface area contributed by atoms with E-state index in [4.69, 9.17) is 25.8 Å². The summed E-state index contributed by atoms with van der Waals surface area (Å²) in [7, 11) is 2.76. The molecule has 0 atom stereocenters. The minimum absolute atomic E-state index is 0.0538. The van der Waals surface area contributed by atoms with Gasteiger partial charge in [0.1, 0.15) is 41.1 Å². The molecule has 37 heavy (non-hydrogen) atoms. The van der Waals surface area contributed by atoms with E-state index in [0.717, 1.165) is 6.07 Å². The molecule has 0 aliphatic carbocycles. The third kappa shape index (κ3) is 5.56. The van der Waals surface area contributed by atoms with Crippen molar-refractivity contribution in [3.05, 3.63) is 59.0 Å². The molecule has 1 N–H and O–H groups in total. The maximum absolute atomic E-state index is 14.5. The summed E-state index contributed by atoms with van der Waals surface area (Å²) in [4.78, 5) is 33.2. The van der Waals surface area contributed by atoms with Crippen LogP contribution in [0.2, 0.25) is 5.02 Å². The number of esters is 1. The van der Waals surface area contributed by atoms with Gasteiger partial charge in [-0.2, -0.15) is 0 Å². The number of carbonyl (C=O) groups is 2. The topological polar surface area (TPSA) is 103 Å². The van der Waals surface area contributed by atoms with E-state index in [1.165, 1.54) is 32.7 Å². The molecule has 0 bridgehead atoms. The number of fused-ring (bicyclic) bond motifs is 1. The first-order valence-electron chi connectivity index (χ1n) is 11.2. The van der Waals surface area contributed by atoms with Gasteiger partial charge in [0.25, 0.3) is 0 Å². The Balaban J connectivity index is 1.57. The van der Waals surface area contributed by atoms with Crippen molar-refractivity contribution in [3.63, 3.8) is 0 Å². The van der Waals surface area contributed by atoms with Gasteiger partial charge >= 0.3 is 5.97 Å². The number of halogens is 3. The number of carbonyl (C=O) groups excluding carboxylic acids is 2. The highest BCUT2D eigenvalue weighted by atomic mass is 35.5. The predicted octanol–water partition coefficient (Wildman–Crippen LogP) is 4.41. The number of hydrogen-bond donors (Lipinski definition) is 1. The summed E-state index contributed by atoms with van der Waals surface area (Å²) in [5.41, 5.74) is 0.647. The van der Waals surface area contributed by atoms with Crippen LogP contribution in [0.1, 0.15) is 12.8 Å². The average molecular weight is 533 g/mol. The first-order chi connectivity index (χ1) is 17.9. The number of piperidine rings is 1. The number of benzene rings is 2. The van der Waals surface area contributed by atoms with Crippen molar-refractivity contribution >= 4 is 46.3 Å². The standard InChI is InChI=1S/C25H23ClF2N4O5/c1-35-20-12-18-15(24(30-13-29-18)31-17-4-3-16(27)22(26)23(17)28)11-21(20)37-14-5-8-32(9-6-14)19(7-10-33)25(34)36-2/h3-4,7,10-14H,5-6,8-9H2,1-2H3,(H,29,30,31)/b19-7-. The van der Waals surface area contributed by atoms with Gasteiger partial charge in [0, 0.05) is 43.5 Å². The number of methoxy groups -OCH3 is 2. The minimum atomic E-state index is -0.944. The normalized spacial score (nSPS) is 14.4. The number of rotatable bonds is 8. The van der Waals surface area contributed by atoms with Crippen molar-refractivity contribution in [1.29, 1.82) is 0 Å². The first kappa shape index (κ1) is 26.1. The molecule has 1 aromatic heterocycles. The number of aldehydes is 1. The Hall–Kier alpha value is -3.99. The van der Waals surface area contributed by atoms with Gasteiger partial charge in [-0.3, -0.25) is 4.79 Å². The average Bonchev–Trinajstić information content (AvgIpc) is 2.92. The van der Waals surface area contributed by atoms with Crippen molar-refractivity contribution in [2.24, 2.45) is 0 Å². The monoisotopic (exact) mass is 532 g/mol. The van der Waals surface area contributed by atoms with Crippen LogP contribution in [0.4, 0.5) is 20.3 Å². The molecule has 2 aromatic carbocycles. The molecule has 9 nitrogen and oxygen atoms in total. The second kappa shape index (κ2) is 11.4. The molecule has 1 aliphatic heterocycles. The number of hydrogen-bond acceptors (Lipinski definition) is 9. The molecule has 4 rings (SSSR count). The van der Waals surface area contributed by atoms with E-state index in [1.807, 2.05) is 0 Å². The third-order valence-electron chi connectivity index (χ3n) is 5.91. The summed E-state index contributed by atoms with van der Waals surface area (Å²) >= 11 is 5.70. The Morgan fingerprint density at radius 1 is 1.16 bits per heavy atom. The van der Waals surface area contributed by atoms with Gasteiger partial charge in [0.2, 0.25) is 0 Å². The zero-order valence-corrected chi connectivity index (χ0v) is 20.7. The zero-order chi connectivity index (χ0) is 26.5. The van der Waals surface area contributed by atoms with Crippen LogP contribution in [0, 0.1) is 11.6 Å². The number of likely N-dealkylation sites (tertiary alicyclic amines) is 1. The quantitative estimate of drug-likeness (QED) is 0.195. The molecule has 0 spiro atoms. The fraction of sp³-hybridized carbons (Fsp3) is 0.280.